The summed E-state index contributed by atoms with van der Waals surface area (Å²) in [5.41, 5.74) is 6.28. The van der Waals surface area contributed by atoms with Gasteiger partial charge >= 0.3 is 0 Å². The van der Waals surface area contributed by atoms with E-state index >= 15 is 0 Å². The third-order valence-electron chi connectivity index (χ3n) is 3.61. The molecule has 0 saturated heterocycles. The van der Waals surface area contributed by atoms with E-state index in [4.69, 9.17) is 18.0 Å². The van der Waals surface area contributed by atoms with E-state index in [1.807, 2.05) is 32.7 Å². The number of hydrogen-bond acceptors (Lipinski definition) is 4. The number of aromatic nitrogens is 2. The van der Waals surface area contributed by atoms with Crippen LogP contribution in [0.2, 0.25) is 0 Å². The summed E-state index contributed by atoms with van der Waals surface area (Å²) in [5.74, 6) is 0. The second-order valence-electron chi connectivity index (χ2n) is 5.64. The molecule has 2 N–H and O–H groups in total. The summed E-state index contributed by atoms with van der Waals surface area (Å²) in [6.45, 7) is 7.49. The monoisotopic (exact) mass is 296 g/mol. The summed E-state index contributed by atoms with van der Waals surface area (Å²) in [7, 11) is 1.94. The number of thiocarbonyl (C=S) groups is 1. The molecule has 1 aromatic heterocycles. The molecule has 0 aliphatic heterocycles. The zero-order valence-corrected chi connectivity index (χ0v) is 13.5. The van der Waals surface area contributed by atoms with Crippen molar-refractivity contribution in [3.8, 4) is 0 Å². The topological polar surface area (TPSA) is 64.2 Å². The molecule has 0 atom stereocenters. The highest BCUT2D eigenvalue weighted by Gasteiger charge is 2.20. The summed E-state index contributed by atoms with van der Waals surface area (Å²) in [4.78, 5) is 14.5. The molecule has 1 rings (SSSR count). The molecule has 1 heterocycles. The molecular weight excluding hydrogens is 272 g/mol. The Balaban J connectivity index is 2.66. The average molecular weight is 296 g/mol. The number of nitrogens with zero attached hydrogens (tertiary/aromatic N) is 3. The van der Waals surface area contributed by atoms with E-state index in [1.54, 1.807) is 12.3 Å². The van der Waals surface area contributed by atoms with Gasteiger partial charge in [0.25, 0.3) is 5.56 Å². The van der Waals surface area contributed by atoms with Crippen molar-refractivity contribution in [2.45, 2.75) is 40.2 Å². The SMILES string of the molecule is CCN(C)c1cnn(CCCC(C)(C)C(N)=S)c(=O)c1. The summed E-state index contributed by atoms with van der Waals surface area (Å²) in [5, 5.41) is 4.21. The predicted octanol–water partition coefficient (Wildman–Crippen LogP) is 1.79. The van der Waals surface area contributed by atoms with Crippen molar-refractivity contribution in [1.29, 1.82) is 0 Å². The number of nitrogens with two attached hydrogens (primary N) is 1. The molecule has 20 heavy (non-hydrogen) atoms. The van der Waals surface area contributed by atoms with E-state index in [-0.39, 0.29) is 11.0 Å². The maximum atomic E-state index is 12.0. The van der Waals surface area contributed by atoms with E-state index < -0.39 is 0 Å². The number of anilines is 1. The molecule has 5 nitrogen and oxygen atoms in total. The van der Waals surface area contributed by atoms with Gasteiger partial charge in [-0.2, -0.15) is 5.10 Å². The van der Waals surface area contributed by atoms with Gasteiger partial charge in [-0.15, -0.1) is 0 Å². The molecule has 0 aromatic carbocycles. The van der Waals surface area contributed by atoms with Crippen LogP contribution in [-0.2, 0) is 6.54 Å². The van der Waals surface area contributed by atoms with Crippen LogP contribution in [0.5, 0.6) is 0 Å². The van der Waals surface area contributed by atoms with Crippen molar-refractivity contribution in [2.24, 2.45) is 11.1 Å². The Morgan fingerprint density at radius 1 is 1.55 bits per heavy atom. The highest BCUT2D eigenvalue weighted by molar-refractivity contribution is 7.80. The first-order chi connectivity index (χ1) is 9.27. The lowest BCUT2D eigenvalue weighted by Crippen LogP contribution is -2.31. The molecule has 0 unspecified atom stereocenters. The first kappa shape index (κ1) is 16.6. The van der Waals surface area contributed by atoms with E-state index in [2.05, 4.69) is 5.10 Å². The maximum absolute atomic E-state index is 12.0. The van der Waals surface area contributed by atoms with Gasteiger partial charge in [0, 0.05) is 31.6 Å². The highest BCUT2D eigenvalue weighted by Crippen LogP contribution is 2.22. The van der Waals surface area contributed by atoms with Crippen LogP contribution < -0.4 is 16.2 Å². The van der Waals surface area contributed by atoms with Crippen molar-refractivity contribution >= 4 is 22.9 Å². The molecule has 0 amide bonds. The van der Waals surface area contributed by atoms with Crippen LogP contribution in [0.15, 0.2) is 17.1 Å². The van der Waals surface area contributed by atoms with Gasteiger partial charge in [-0.3, -0.25) is 4.79 Å². The summed E-state index contributed by atoms with van der Waals surface area (Å²) >= 11 is 5.03. The molecule has 0 aliphatic carbocycles. The first-order valence-corrected chi connectivity index (χ1v) is 7.27. The normalized spacial score (nSPS) is 11.4. The highest BCUT2D eigenvalue weighted by atomic mass is 32.1. The van der Waals surface area contributed by atoms with Crippen LogP contribution in [0.3, 0.4) is 0 Å². The minimum absolute atomic E-state index is 0.0732. The standard InChI is InChI=1S/C14H24N4OS/c1-5-17(4)11-9-12(19)18(16-10-11)8-6-7-14(2,3)13(15)20/h9-10H,5-8H2,1-4H3,(H2,15,20). The van der Waals surface area contributed by atoms with E-state index in [9.17, 15) is 4.79 Å². The van der Waals surface area contributed by atoms with Crippen molar-refractivity contribution in [1.82, 2.24) is 9.78 Å². The Kier molecular flexibility index (Phi) is 5.68. The summed E-state index contributed by atoms with van der Waals surface area (Å²) in [6.07, 6.45) is 3.39. The molecule has 0 radical (unpaired) electrons. The molecule has 1 aromatic rings. The smallest absolute Gasteiger partial charge is 0.268 e. The number of rotatable bonds is 7. The molecule has 0 aliphatic rings. The third kappa shape index (κ3) is 4.30. The zero-order valence-electron chi connectivity index (χ0n) is 12.7. The second-order valence-corrected chi connectivity index (χ2v) is 6.08. The van der Waals surface area contributed by atoms with E-state index in [1.165, 1.54) is 4.68 Å². The van der Waals surface area contributed by atoms with Gasteiger partial charge < -0.3 is 10.6 Å². The van der Waals surface area contributed by atoms with Gasteiger partial charge in [0.15, 0.2) is 0 Å². The van der Waals surface area contributed by atoms with Crippen molar-refractivity contribution < 1.29 is 0 Å². The van der Waals surface area contributed by atoms with Crippen LogP contribution in [-0.4, -0.2) is 28.4 Å². The molecule has 0 bridgehead atoms. The fraction of sp³-hybridized carbons (Fsp3) is 0.643. The number of hydrogen-bond donors (Lipinski definition) is 1. The van der Waals surface area contributed by atoms with E-state index in [0.717, 1.165) is 25.1 Å². The third-order valence-corrected chi connectivity index (χ3v) is 4.16. The van der Waals surface area contributed by atoms with Crippen LogP contribution >= 0.6 is 12.2 Å². The quantitative estimate of drug-likeness (QED) is 0.777. The predicted molar refractivity (Wildman–Crippen MR) is 87.2 cm³/mol. The first-order valence-electron chi connectivity index (χ1n) is 6.86. The van der Waals surface area contributed by atoms with Gasteiger partial charge in [0.1, 0.15) is 0 Å². The van der Waals surface area contributed by atoms with Crippen LogP contribution in [0, 0.1) is 5.41 Å². The Morgan fingerprint density at radius 2 is 2.20 bits per heavy atom. The minimum atomic E-state index is -0.179. The van der Waals surface area contributed by atoms with Crippen molar-refractivity contribution in [3.63, 3.8) is 0 Å². The lowest BCUT2D eigenvalue weighted by atomic mass is 9.88. The van der Waals surface area contributed by atoms with Crippen molar-refractivity contribution in [2.75, 3.05) is 18.5 Å². The van der Waals surface area contributed by atoms with Crippen molar-refractivity contribution in [3.05, 3.63) is 22.6 Å². The van der Waals surface area contributed by atoms with Crippen LogP contribution in [0.4, 0.5) is 5.69 Å². The molecule has 112 valence electrons. The van der Waals surface area contributed by atoms with Crippen LogP contribution in [0.1, 0.15) is 33.6 Å². The summed E-state index contributed by atoms with van der Waals surface area (Å²) in [6, 6.07) is 1.62. The Hall–Kier alpha value is -1.43. The van der Waals surface area contributed by atoms with Crippen LogP contribution in [0.25, 0.3) is 0 Å². The Morgan fingerprint density at radius 3 is 2.70 bits per heavy atom. The maximum Gasteiger partial charge on any atom is 0.268 e. The fourth-order valence-corrected chi connectivity index (χ4v) is 1.88. The minimum Gasteiger partial charge on any atom is -0.393 e. The lowest BCUT2D eigenvalue weighted by molar-refractivity contribution is 0.420. The molecule has 0 fully saturated rings. The van der Waals surface area contributed by atoms with Gasteiger partial charge in [0.2, 0.25) is 0 Å². The van der Waals surface area contributed by atoms with E-state index in [0.29, 0.717) is 11.5 Å². The second kappa shape index (κ2) is 6.83. The van der Waals surface area contributed by atoms with Gasteiger partial charge in [-0.25, -0.2) is 4.68 Å². The average Bonchev–Trinajstić information content (AvgIpc) is 2.39. The fourth-order valence-electron chi connectivity index (χ4n) is 1.78. The molecular formula is C14H24N4OS. The molecule has 0 saturated carbocycles. The summed E-state index contributed by atoms with van der Waals surface area (Å²) < 4.78 is 1.49. The molecule has 0 spiro atoms. The largest absolute Gasteiger partial charge is 0.393 e. The Bertz CT molecular complexity index is 524. The number of aryl methyl sites for hydroxylation is 1. The Labute approximate surface area is 125 Å². The zero-order chi connectivity index (χ0) is 15.3. The lowest BCUT2D eigenvalue weighted by Gasteiger charge is -2.22. The van der Waals surface area contributed by atoms with Gasteiger partial charge in [0.05, 0.1) is 16.9 Å². The van der Waals surface area contributed by atoms with Gasteiger partial charge in [-0.1, -0.05) is 26.1 Å². The molecule has 6 heteroatoms. The van der Waals surface area contributed by atoms with Gasteiger partial charge in [-0.05, 0) is 19.8 Å².